The number of rotatable bonds is 4. The highest BCUT2D eigenvalue weighted by atomic mass is 31.1. The van der Waals surface area contributed by atoms with E-state index in [1.165, 1.54) is 37.9 Å². The zero-order chi connectivity index (χ0) is 33.8. The van der Waals surface area contributed by atoms with Gasteiger partial charge in [0.25, 0.3) is 0 Å². The molecule has 1 aliphatic rings. The minimum Gasteiger partial charge on any atom is -0.404 e. The fraction of sp³-hybridized carbons (Fsp3) is 0.111. The fourth-order valence-corrected chi connectivity index (χ4v) is 11.8. The number of fused-ring (bicyclic) bond motifs is 8. The van der Waals surface area contributed by atoms with Gasteiger partial charge in [-0.25, -0.2) is 0 Å². The van der Waals surface area contributed by atoms with E-state index in [9.17, 15) is 0 Å². The van der Waals surface area contributed by atoms with Crippen LogP contribution in [0.4, 0.5) is 5.69 Å². The lowest BCUT2D eigenvalue weighted by Gasteiger charge is -2.41. The van der Waals surface area contributed by atoms with Gasteiger partial charge in [-0.3, -0.25) is 4.67 Å². The van der Waals surface area contributed by atoms with Gasteiger partial charge in [-0.05, 0) is 63.2 Å². The Hall–Kier alpha value is -5.07. The number of para-hydroxylation sites is 1. The fourth-order valence-electron chi connectivity index (χ4n) is 7.39. The zero-order valence-electron chi connectivity index (χ0n) is 28.3. The molecular weight excluding hydrogens is 648 g/mol. The molecule has 244 valence electrons. The molecule has 0 saturated carbocycles. The summed E-state index contributed by atoms with van der Waals surface area (Å²) < 4.78 is 17.1. The first-order chi connectivity index (χ1) is 24.5. The third-order valence-corrected chi connectivity index (χ3v) is 13.7. The second-order valence-corrected chi connectivity index (χ2v) is 17.4. The summed E-state index contributed by atoms with van der Waals surface area (Å²) >= 11 is 0. The average molecular weight is 686 g/mol. The molecule has 8 aromatic rings. The molecule has 0 spiro atoms. The average Bonchev–Trinajstić information content (AvgIpc) is 3.32. The predicted molar refractivity (Wildman–Crippen MR) is 217 cm³/mol. The molecule has 0 bridgehead atoms. The van der Waals surface area contributed by atoms with Gasteiger partial charge < -0.3 is 8.39 Å². The lowest BCUT2D eigenvalue weighted by atomic mass is 9.84. The molecule has 1 aromatic heterocycles. The number of hydrogen-bond acceptors (Lipinski definition) is 3. The molecule has 0 aliphatic carbocycles. The van der Waals surface area contributed by atoms with E-state index in [4.69, 9.17) is 8.39 Å². The topological polar surface area (TPSA) is 29.5 Å². The molecule has 3 nitrogen and oxygen atoms in total. The van der Waals surface area contributed by atoms with Gasteiger partial charge in [-0.15, -0.1) is 0 Å². The number of benzene rings is 7. The van der Waals surface area contributed by atoms with Gasteiger partial charge >= 0.3 is 8.16 Å². The number of hydrogen-bond donors (Lipinski definition) is 0. The Labute approximate surface area is 294 Å². The predicted octanol–water partition coefficient (Wildman–Crippen LogP) is 12.1. The quantitative estimate of drug-likeness (QED) is 0.173. The molecule has 0 saturated heterocycles. The van der Waals surface area contributed by atoms with Crippen LogP contribution in [-0.2, 0) is 0 Å². The summed E-state index contributed by atoms with van der Waals surface area (Å²) in [7, 11) is -2.58. The number of anilines is 1. The molecule has 2 heterocycles. The van der Waals surface area contributed by atoms with Crippen molar-refractivity contribution in [1.82, 2.24) is 0 Å². The van der Waals surface area contributed by atoms with E-state index < -0.39 is 16.1 Å². The molecule has 0 unspecified atom stereocenters. The van der Waals surface area contributed by atoms with Crippen LogP contribution >= 0.6 is 16.1 Å². The molecule has 0 fully saturated rings. The van der Waals surface area contributed by atoms with E-state index >= 15 is 0 Å². The Kier molecular flexibility index (Phi) is 7.65. The van der Waals surface area contributed by atoms with E-state index in [0.29, 0.717) is 0 Å². The minimum absolute atomic E-state index is 0.0107. The van der Waals surface area contributed by atoms with Crippen molar-refractivity contribution in [2.75, 3.05) is 4.67 Å². The van der Waals surface area contributed by atoms with Crippen molar-refractivity contribution in [2.24, 2.45) is 5.41 Å². The van der Waals surface area contributed by atoms with E-state index in [2.05, 4.69) is 189 Å². The summed E-state index contributed by atoms with van der Waals surface area (Å²) in [6.45, 7) is 6.95. The van der Waals surface area contributed by atoms with Crippen molar-refractivity contribution in [2.45, 2.75) is 26.8 Å². The highest BCUT2D eigenvalue weighted by Crippen LogP contribution is 2.52. The normalized spacial score (nSPS) is 14.6. The Morgan fingerprint density at radius 2 is 1.08 bits per heavy atom. The van der Waals surface area contributed by atoms with Crippen LogP contribution in [0.1, 0.15) is 26.3 Å². The summed E-state index contributed by atoms with van der Waals surface area (Å²) in [5.74, 6) is 0. The van der Waals surface area contributed by atoms with Crippen LogP contribution in [0.15, 0.2) is 166 Å². The summed E-state index contributed by atoms with van der Waals surface area (Å²) in [5.41, 5.74) is 3.94. The molecule has 7 aromatic carbocycles. The molecular formula is C45H37NO2P2. The molecule has 9 rings (SSSR count). The lowest BCUT2D eigenvalue weighted by Crippen LogP contribution is -2.42. The van der Waals surface area contributed by atoms with E-state index in [0.717, 1.165) is 32.7 Å². The lowest BCUT2D eigenvalue weighted by molar-refractivity contribution is 0.366. The van der Waals surface area contributed by atoms with Crippen LogP contribution in [0, 0.1) is 5.41 Å². The van der Waals surface area contributed by atoms with Crippen molar-refractivity contribution in [3.63, 3.8) is 0 Å². The maximum absolute atomic E-state index is 7.31. The minimum atomic E-state index is -1.68. The first kappa shape index (κ1) is 30.9. The second-order valence-electron chi connectivity index (χ2n) is 14.0. The van der Waals surface area contributed by atoms with Crippen molar-refractivity contribution in [1.29, 1.82) is 0 Å². The van der Waals surface area contributed by atoms with Crippen LogP contribution < -0.4 is 20.6 Å². The Morgan fingerprint density at radius 3 is 1.62 bits per heavy atom. The van der Waals surface area contributed by atoms with Crippen LogP contribution in [0.25, 0.3) is 49.6 Å². The van der Waals surface area contributed by atoms with E-state index in [1.807, 2.05) is 0 Å². The van der Waals surface area contributed by atoms with Crippen molar-refractivity contribution < 1.29 is 8.39 Å². The van der Waals surface area contributed by atoms with Crippen LogP contribution in [0.2, 0.25) is 0 Å². The molecule has 1 atom stereocenters. The van der Waals surface area contributed by atoms with Gasteiger partial charge in [0.1, 0.15) is 11.2 Å². The summed E-state index contributed by atoms with van der Waals surface area (Å²) in [6, 6.07) is 54.6. The molecule has 5 heteroatoms. The van der Waals surface area contributed by atoms with Crippen molar-refractivity contribution in [3.8, 4) is 0 Å². The van der Waals surface area contributed by atoms with Gasteiger partial charge in [0.15, 0.2) is 0 Å². The van der Waals surface area contributed by atoms with Crippen LogP contribution in [-0.4, -0.2) is 6.04 Å². The van der Waals surface area contributed by atoms with Gasteiger partial charge in [-0.2, -0.15) is 0 Å². The molecule has 1 aliphatic heterocycles. The summed E-state index contributed by atoms with van der Waals surface area (Å²) in [4.78, 5) is 0. The van der Waals surface area contributed by atoms with Gasteiger partial charge in [0, 0.05) is 16.1 Å². The van der Waals surface area contributed by atoms with Crippen LogP contribution in [0.5, 0.6) is 0 Å². The first-order valence-electron chi connectivity index (χ1n) is 17.2. The highest BCUT2D eigenvalue weighted by molar-refractivity contribution is 7.80. The van der Waals surface area contributed by atoms with Gasteiger partial charge in [0.05, 0.1) is 11.7 Å². The largest absolute Gasteiger partial charge is 0.404 e. The van der Waals surface area contributed by atoms with Gasteiger partial charge in [0.2, 0.25) is 0 Å². The molecule has 0 N–H and O–H groups in total. The smallest absolute Gasteiger partial charge is 0.342 e. The molecule has 50 heavy (non-hydrogen) atoms. The first-order valence-corrected chi connectivity index (χ1v) is 19.6. The maximum atomic E-state index is 7.31. The Bertz CT molecular complexity index is 2470. The number of nitrogens with zero attached hydrogens (tertiary/aromatic N) is 1. The Balaban J connectivity index is 1.41. The SMILES string of the molecule is CC(C)(C)[C@@H]1C=Cc2cccc(P(c3ccccc3)c3ccccc3)c2N1p1oc2ccc3ccccc3c2c2c(ccc3ccccc32)o1. The molecule has 0 amide bonds. The third kappa shape index (κ3) is 5.25. The van der Waals surface area contributed by atoms with E-state index in [-0.39, 0.29) is 11.5 Å². The zero-order valence-corrected chi connectivity index (χ0v) is 30.1. The third-order valence-electron chi connectivity index (χ3n) is 9.71. The van der Waals surface area contributed by atoms with Crippen molar-refractivity contribution in [3.05, 3.63) is 163 Å². The van der Waals surface area contributed by atoms with Crippen molar-refractivity contribution >= 4 is 87.2 Å². The van der Waals surface area contributed by atoms with Crippen LogP contribution in [0.3, 0.4) is 0 Å². The second kappa shape index (κ2) is 12.4. The van der Waals surface area contributed by atoms with Gasteiger partial charge in [-0.1, -0.05) is 172 Å². The summed E-state index contributed by atoms with van der Waals surface area (Å²) in [5, 5.41) is 10.8. The summed E-state index contributed by atoms with van der Waals surface area (Å²) in [6.07, 6.45) is 4.66. The Morgan fingerprint density at radius 1 is 0.560 bits per heavy atom. The van der Waals surface area contributed by atoms with E-state index in [1.54, 1.807) is 0 Å². The molecule has 0 radical (unpaired) electrons. The maximum Gasteiger partial charge on any atom is 0.342 e. The highest BCUT2D eigenvalue weighted by Gasteiger charge is 2.38. The monoisotopic (exact) mass is 685 g/mol. The standard InChI is InChI=1S/C45H37NO2P2/c1-45(2,3)41-30-27-33-17-14-24-40(49(34-18-6-4-7-19-34)35-20-8-5-9-21-35)44(33)46(41)50-47-38-28-25-31-15-10-12-22-36(31)42(38)43-37-23-13-11-16-32(37)26-29-39(43)48-50/h4-30,41H,1-3H3/t41-/m0/s1.